The Morgan fingerprint density at radius 3 is 2.74 bits per heavy atom. The first kappa shape index (κ1) is 19.5. The Kier molecular flexibility index (Phi) is 6.98. The molecule has 1 unspecified atom stereocenters. The van der Waals surface area contributed by atoms with E-state index in [4.69, 9.17) is 16.3 Å². The van der Waals surface area contributed by atoms with Crippen molar-refractivity contribution in [2.45, 2.75) is 6.04 Å². The molecule has 1 heterocycles. The van der Waals surface area contributed by atoms with E-state index in [1.165, 1.54) is 18.2 Å². The molecule has 0 aliphatic carbocycles. The quantitative estimate of drug-likeness (QED) is 0.767. The molecule has 142 valence electrons. The fraction of sp³-hybridized carbons (Fsp3) is 0.286. The van der Waals surface area contributed by atoms with Gasteiger partial charge in [0.1, 0.15) is 5.82 Å². The lowest BCUT2D eigenvalue weighted by Crippen LogP contribution is -2.43. The van der Waals surface area contributed by atoms with Crippen molar-refractivity contribution in [2.24, 2.45) is 0 Å². The molecule has 2 aromatic rings. The Bertz CT molecular complexity index is 806. The molecule has 1 aliphatic heterocycles. The van der Waals surface area contributed by atoms with Crippen molar-refractivity contribution in [3.8, 4) is 0 Å². The number of benzene rings is 2. The van der Waals surface area contributed by atoms with Crippen LogP contribution in [-0.4, -0.2) is 43.7 Å². The Balaban J connectivity index is 1.67. The van der Waals surface area contributed by atoms with Crippen LogP contribution >= 0.6 is 11.6 Å². The second kappa shape index (κ2) is 9.65. The number of carbonyl (C=O) groups excluding carboxylic acids is 1. The minimum absolute atomic E-state index is 0.0332. The van der Waals surface area contributed by atoms with Crippen LogP contribution < -0.4 is 5.32 Å². The minimum atomic E-state index is -0.330. The van der Waals surface area contributed by atoms with Crippen LogP contribution in [0, 0.1) is 5.82 Å². The molecule has 0 radical (unpaired) electrons. The van der Waals surface area contributed by atoms with Crippen LogP contribution in [0.4, 0.5) is 4.39 Å². The number of ether oxygens (including phenoxy) is 1. The standard InChI is InChI=1S/C21H22ClFN2O2/c22-19-7-2-1-6-18(19)20(25-10-12-27-13-11-25)15-24-21(26)9-8-16-4-3-5-17(23)14-16/h1-9,14,20H,10-13,15H2,(H,24,26). The lowest BCUT2D eigenvalue weighted by Gasteiger charge is -2.35. The Morgan fingerprint density at radius 2 is 2.00 bits per heavy atom. The Morgan fingerprint density at radius 1 is 1.22 bits per heavy atom. The normalized spacial score (nSPS) is 16.4. The van der Waals surface area contributed by atoms with Crippen molar-refractivity contribution in [3.63, 3.8) is 0 Å². The van der Waals surface area contributed by atoms with Gasteiger partial charge in [0, 0.05) is 30.7 Å². The van der Waals surface area contributed by atoms with Gasteiger partial charge in [0.2, 0.25) is 5.91 Å². The largest absolute Gasteiger partial charge is 0.379 e. The lowest BCUT2D eigenvalue weighted by atomic mass is 10.0. The molecular weight excluding hydrogens is 367 g/mol. The van der Waals surface area contributed by atoms with Crippen molar-refractivity contribution in [1.29, 1.82) is 0 Å². The first-order valence-corrected chi connectivity index (χ1v) is 9.29. The first-order valence-electron chi connectivity index (χ1n) is 8.91. The maximum atomic E-state index is 13.2. The van der Waals surface area contributed by atoms with Crippen molar-refractivity contribution in [3.05, 3.63) is 76.6 Å². The molecule has 1 amide bonds. The van der Waals surface area contributed by atoms with Gasteiger partial charge in [-0.3, -0.25) is 9.69 Å². The summed E-state index contributed by atoms with van der Waals surface area (Å²) in [6, 6.07) is 13.7. The maximum Gasteiger partial charge on any atom is 0.244 e. The van der Waals surface area contributed by atoms with Crippen molar-refractivity contribution >= 4 is 23.6 Å². The zero-order valence-electron chi connectivity index (χ0n) is 14.9. The number of hydrogen-bond acceptors (Lipinski definition) is 3. The number of hydrogen-bond donors (Lipinski definition) is 1. The predicted molar refractivity (Wildman–Crippen MR) is 105 cm³/mol. The highest BCUT2D eigenvalue weighted by atomic mass is 35.5. The highest BCUT2D eigenvalue weighted by Gasteiger charge is 2.24. The summed E-state index contributed by atoms with van der Waals surface area (Å²) in [5.41, 5.74) is 1.62. The number of morpholine rings is 1. The minimum Gasteiger partial charge on any atom is -0.379 e. The summed E-state index contributed by atoms with van der Waals surface area (Å²) >= 11 is 6.39. The molecule has 1 N–H and O–H groups in total. The van der Waals surface area contributed by atoms with Crippen molar-refractivity contribution in [2.75, 3.05) is 32.8 Å². The number of nitrogens with zero attached hydrogens (tertiary/aromatic N) is 1. The lowest BCUT2D eigenvalue weighted by molar-refractivity contribution is -0.116. The predicted octanol–water partition coefficient (Wildman–Crippen LogP) is 3.68. The average molecular weight is 389 g/mol. The SMILES string of the molecule is O=C(C=Cc1cccc(F)c1)NCC(c1ccccc1Cl)N1CCOCC1. The van der Waals surface area contributed by atoms with E-state index in [-0.39, 0.29) is 17.8 Å². The molecule has 1 aliphatic rings. The second-order valence-corrected chi connectivity index (χ2v) is 6.73. The number of carbonyl (C=O) groups is 1. The smallest absolute Gasteiger partial charge is 0.244 e. The van der Waals surface area contributed by atoms with Gasteiger partial charge < -0.3 is 10.1 Å². The van der Waals surface area contributed by atoms with Crippen LogP contribution in [-0.2, 0) is 9.53 Å². The molecule has 0 saturated carbocycles. The summed E-state index contributed by atoms with van der Waals surface area (Å²) in [6.45, 7) is 3.31. The van der Waals surface area contributed by atoms with E-state index < -0.39 is 0 Å². The molecule has 1 fully saturated rings. The van der Waals surface area contributed by atoms with Crippen LogP contribution in [0.2, 0.25) is 5.02 Å². The van der Waals surface area contributed by atoms with Gasteiger partial charge in [0.25, 0.3) is 0 Å². The number of halogens is 2. The molecule has 0 spiro atoms. The van der Waals surface area contributed by atoms with E-state index in [1.807, 2.05) is 24.3 Å². The van der Waals surface area contributed by atoms with Crippen molar-refractivity contribution < 1.29 is 13.9 Å². The molecule has 0 aromatic heterocycles. The summed E-state index contributed by atoms with van der Waals surface area (Å²) in [7, 11) is 0. The summed E-state index contributed by atoms with van der Waals surface area (Å²) < 4.78 is 18.6. The second-order valence-electron chi connectivity index (χ2n) is 6.32. The van der Waals surface area contributed by atoms with Crippen molar-refractivity contribution in [1.82, 2.24) is 10.2 Å². The molecule has 6 heteroatoms. The molecule has 1 saturated heterocycles. The van der Waals surface area contributed by atoms with E-state index in [0.29, 0.717) is 30.3 Å². The fourth-order valence-corrected chi connectivity index (χ4v) is 3.37. The van der Waals surface area contributed by atoms with Crippen LogP contribution in [0.3, 0.4) is 0 Å². The highest BCUT2D eigenvalue weighted by Crippen LogP contribution is 2.27. The Labute approximate surface area is 163 Å². The molecule has 2 aromatic carbocycles. The monoisotopic (exact) mass is 388 g/mol. The molecule has 0 bridgehead atoms. The van der Waals surface area contributed by atoms with Gasteiger partial charge in [-0.2, -0.15) is 0 Å². The van der Waals surface area contributed by atoms with Crippen LogP contribution in [0.5, 0.6) is 0 Å². The molecule has 1 atom stereocenters. The highest BCUT2D eigenvalue weighted by molar-refractivity contribution is 6.31. The van der Waals surface area contributed by atoms with E-state index in [9.17, 15) is 9.18 Å². The average Bonchev–Trinajstić information content (AvgIpc) is 2.69. The summed E-state index contributed by atoms with van der Waals surface area (Å²) in [5, 5.41) is 3.61. The van der Waals surface area contributed by atoms with Gasteiger partial charge >= 0.3 is 0 Å². The zero-order valence-corrected chi connectivity index (χ0v) is 15.7. The molecule has 3 rings (SSSR count). The third-order valence-electron chi connectivity index (χ3n) is 4.50. The van der Waals surface area contributed by atoms with Gasteiger partial charge in [-0.25, -0.2) is 4.39 Å². The third-order valence-corrected chi connectivity index (χ3v) is 4.84. The van der Waals surface area contributed by atoms with Gasteiger partial charge in [-0.05, 0) is 35.4 Å². The van der Waals surface area contributed by atoms with Gasteiger partial charge in [-0.1, -0.05) is 41.9 Å². The van der Waals surface area contributed by atoms with Gasteiger partial charge in [0.15, 0.2) is 0 Å². The van der Waals surface area contributed by atoms with Crippen LogP contribution in [0.15, 0.2) is 54.6 Å². The summed E-state index contributed by atoms with van der Waals surface area (Å²) in [6.07, 6.45) is 3.01. The topological polar surface area (TPSA) is 41.6 Å². The van der Waals surface area contributed by atoms with Crippen LogP contribution in [0.1, 0.15) is 17.2 Å². The molecule has 27 heavy (non-hydrogen) atoms. The van der Waals surface area contributed by atoms with E-state index in [2.05, 4.69) is 10.2 Å². The summed E-state index contributed by atoms with van der Waals surface area (Å²) in [4.78, 5) is 14.5. The molecular formula is C21H22ClFN2O2. The third kappa shape index (κ3) is 5.63. The maximum absolute atomic E-state index is 13.2. The van der Waals surface area contributed by atoms with E-state index in [0.717, 1.165) is 18.7 Å². The number of nitrogens with one attached hydrogen (secondary N) is 1. The Hall–Kier alpha value is -2.21. The van der Waals surface area contributed by atoms with Gasteiger partial charge in [-0.15, -0.1) is 0 Å². The summed E-state index contributed by atoms with van der Waals surface area (Å²) in [5.74, 6) is -0.562. The number of amides is 1. The first-order chi connectivity index (χ1) is 13.1. The molecule has 4 nitrogen and oxygen atoms in total. The van der Waals surface area contributed by atoms with E-state index >= 15 is 0 Å². The van der Waals surface area contributed by atoms with E-state index in [1.54, 1.807) is 18.2 Å². The fourth-order valence-electron chi connectivity index (χ4n) is 3.11. The van der Waals surface area contributed by atoms with Gasteiger partial charge in [0.05, 0.1) is 19.3 Å². The van der Waals surface area contributed by atoms with Crippen LogP contribution in [0.25, 0.3) is 6.08 Å². The number of rotatable bonds is 6. The zero-order chi connectivity index (χ0) is 19.1.